The molecule has 26 heavy (non-hydrogen) atoms. The molecule has 0 spiro atoms. The van der Waals surface area contributed by atoms with Gasteiger partial charge in [0.1, 0.15) is 18.5 Å². The predicted octanol–water partition coefficient (Wildman–Crippen LogP) is 3.80. The molecule has 2 atom stereocenters. The molecular weight excluding hydrogens is 330 g/mol. The molecule has 1 N–H and O–H groups in total. The van der Waals surface area contributed by atoms with Crippen molar-refractivity contribution >= 4 is 6.09 Å². The summed E-state index contributed by atoms with van der Waals surface area (Å²) in [6, 6.07) is 15.3. The maximum absolute atomic E-state index is 12.6. The van der Waals surface area contributed by atoms with Gasteiger partial charge in [0.15, 0.2) is 0 Å². The number of piperidine rings is 1. The Labute approximate surface area is 154 Å². The number of hydrogen-bond acceptors (Lipinski definition) is 4. The smallest absolute Gasteiger partial charge is 0.413 e. The van der Waals surface area contributed by atoms with Crippen LogP contribution >= 0.6 is 0 Å². The Bertz CT molecular complexity index is 747. The minimum Gasteiger partial charge on any atom is -0.468 e. The molecule has 1 amide bonds. The lowest BCUT2D eigenvalue weighted by atomic mass is 10.1. The van der Waals surface area contributed by atoms with E-state index in [-0.39, 0.29) is 6.61 Å². The first-order valence-electron chi connectivity index (χ1n) is 8.94. The monoisotopic (exact) mass is 355 g/mol. The lowest BCUT2D eigenvalue weighted by Gasteiger charge is -2.37. The van der Waals surface area contributed by atoms with Gasteiger partial charge in [0.2, 0.25) is 6.23 Å². The number of hydrogen-bond donors (Lipinski definition) is 1. The van der Waals surface area contributed by atoms with E-state index in [4.69, 9.17) is 9.47 Å². The Kier molecular flexibility index (Phi) is 5.78. The third kappa shape index (κ3) is 4.35. The molecule has 0 radical (unpaired) electrons. The highest BCUT2D eigenvalue weighted by molar-refractivity contribution is 5.68. The van der Waals surface area contributed by atoms with Crippen LogP contribution in [0.3, 0.4) is 0 Å². The van der Waals surface area contributed by atoms with Crippen molar-refractivity contribution in [3.63, 3.8) is 0 Å². The Morgan fingerprint density at radius 1 is 1.15 bits per heavy atom. The van der Waals surface area contributed by atoms with Crippen molar-refractivity contribution in [1.29, 1.82) is 0 Å². The van der Waals surface area contributed by atoms with Gasteiger partial charge in [-0.1, -0.05) is 36.4 Å². The van der Waals surface area contributed by atoms with Gasteiger partial charge >= 0.3 is 6.09 Å². The molecule has 138 valence electrons. The Hall–Kier alpha value is -2.53. The van der Waals surface area contributed by atoms with Crippen molar-refractivity contribution in [3.8, 4) is 5.75 Å². The summed E-state index contributed by atoms with van der Waals surface area (Å²) in [6.45, 7) is 4.73. The Morgan fingerprint density at radius 3 is 2.65 bits per heavy atom. The van der Waals surface area contributed by atoms with Crippen LogP contribution in [0.2, 0.25) is 0 Å². The molecule has 2 aromatic carbocycles. The van der Waals surface area contributed by atoms with Crippen molar-refractivity contribution in [1.82, 2.24) is 4.90 Å². The van der Waals surface area contributed by atoms with Crippen LogP contribution in [0.1, 0.15) is 29.5 Å². The van der Waals surface area contributed by atoms with E-state index in [0.29, 0.717) is 25.1 Å². The topological polar surface area (TPSA) is 59.0 Å². The lowest BCUT2D eigenvalue weighted by Crippen LogP contribution is -2.54. The number of rotatable bonds is 4. The van der Waals surface area contributed by atoms with Crippen LogP contribution in [0.5, 0.6) is 5.75 Å². The lowest BCUT2D eigenvalue weighted by molar-refractivity contribution is -0.0838. The fourth-order valence-corrected chi connectivity index (χ4v) is 3.01. The van der Waals surface area contributed by atoms with E-state index in [1.807, 2.05) is 62.4 Å². The van der Waals surface area contributed by atoms with Crippen LogP contribution in [0, 0.1) is 13.8 Å². The molecule has 1 aliphatic heterocycles. The molecule has 1 heterocycles. The second-order valence-electron chi connectivity index (χ2n) is 6.70. The number of ether oxygens (including phenoxy) is 2. The van der Waals surface area contributed by atoms with Gasteiger partial charge in [0, 0.05) is 6.54 Å². The van der Waals surface area contributed by atoms with Crippen LogP contribution < -0.4 is 4.74 Å². The maximum Gasteiger partial charge on any atom is 0.413 e. The van der Waals surface area contributed by atoms with E-state index in [1.165, 1.54) is 10.5 Å². The van der Waals surface area contributed by atoms with Crippen LogP contribution in [0.4, 0.5) is 4.79 Å². The molecule has 0 bridgehead atoms. The van der Waals surface area contributed by atoms with Crippen molar-refractivity contribution < 1.29 is 19.4 Å². The molecule has 0 unspecified atom stereocenters. The quantitative estimate of drug-likeness (QED) is 0.906. The van der Waals surface area contributed by atoms with Gasteiger partial charge in [-0.15, -0.1) is 0 Å². The number of aliphatic hydroxyl groups excluding tert-OH is 1. The molecule has 1 aliphatic rings. The fourth-order valence-electron chi connectivity index (χ4n) is 3.01. The third-order valence-electron chi connectivity index (χ3n) is 4.71. The number of aryl methyl sites for hydroxylation is 2. The molecule has 5 heteroatoms. The second kappa shape index (κ2) is 8.23. The molecule has 1 saturated heterocycles. The highest BCUT2D eigenvalue weighted by atomic mass is 16.6. The first-order chi connectivity index (χ1) is 12.5. The molecule has 2 aromatic rings. The summed E-state index contributed by atoms with van der Waals surface area (Å²) < 4.78 is 11.4. The largest absolute Gasteiger partial charge is 0.468 e. The van der Waals surface area contributed by atoms with E-state index in [1.54, 1.807) is 0 Å². The summed E-state index contributed by atoms with van der Waals surface area (Å²) in [6.07, 6.45) is -0.642. The fraction of sp³-hybridized carbons (Fsp3) is 0.381. The molecule has 0 saturated carbocycles. The molecule has 0 aromatic heterocycles. The molecule has 3 rings (SSSR count). The summed E-state index contributed by atoms with van der Waals surface area (Å²) >= 11 is 0. The zero-order valence-electron chi connectivity index (χ0n) is 15.2. The molecule has 0 aliphatic carbocycles. The minimum atomic E-state index is -0.742. The first-order valence-corrected chi connectivity index (χ1v) is 8.94. The number of carbonyl (C=O) groups excluding carboxylic acids is 1. The van der Waals surface area contributed by atoms with E-state index in [9.17, 15) is 9.90 Å². The van der Waals surface area contributed by atoms with Gasteiger partial charge in [0.25, 0.3) is 0 Å². The molecule has 1 fully saturated rings. The zero-order chi connectivity index (χ0) is 18.5. The van der Waals surface area contributed by atoms with E-state index >= 15 is 0 Å². The summed E-state index contributed by atoms with van der Waals surface area (Å²) in [4.78, 5) is 14.0. The van der Waals surface area contributed by atoms with Crippen molar-refractivity contribution in [2.75, 3.05) is 6.54 Å². The maximum atomic E-state index is 12.6. The number of benzene rings is 2. The van der Waals surface area contributed by atoms with Crippen LogP contribution in [-0.2, 0) is 11.3 Å². The van der Waals surface area contributed by atoms with Gasteiger partial charge in [-0.25, -0.2) is 4.79 Å². The number of carbonyl (C=O) groups is 1. The van der Waals surface area contributed by atoms with Crippen LogP contribution in [0.25, 0.3) is 0 Å². The first kappa shape index (κ1) is 18.3. The number of amides is 1. The Balaban J connectivity index is 1.68. The summed E-state index contributed by atoms with van der Waals surface area (Å²) in [5, 5.41) is 10.4. The van der Waals surface area contributed by atoms with E-state index < -0.39 is 18.4 Å². The standard InChI is InChI=1S/C21H25NO4/c1-15-10-11-18(13-16(15)2)26-20-19(23)9-6-12-22(20)21(24)25-14-17-7-4-3-5-8-17/h3-5,7-8,10-11,13,19-20,23H,6,9,12,14H2,1-2H3/t19-,20-/m1/s1. The number of nitrogens with zero attached hydrogens (tertiary/aromatic N) is 1. The van der Waals surface area contributed by atoms with Gasteiger partial charge in [-0.2, -0.15) is 0 Å². The molecular formula is C21H25NO4. The van der Waals surface area contributed by atoms with Crippen LogP contribution in [0.15, 0.2) is 48.5 Å². The highest BCUT2D eigenvalue weighted by Crippen LogP contribution is 2.24. The van der Waals surface area contributed by atoms with Gasteiger partial charge in [-0.3, -0.25) is 4.90 Å². The number of aliphatic hydroxyl groups is 1. The van der Waals surface area contributed by atoms with Crippen molar-refractivity contribution in [2.24, 2.45) is 0 Å². The summed E-state index contributed by atoms with van der Waals surface area (Å²) in [5.74, 6) is 0.639. The summed E-state index contributed by atoms with van der Waals surface area (Å²) in [5.41, 5.74) is 3.19. The van der Waals surface area contributed by atoms with Gasteiger partial charge < -0.3 is 14.6 Å². The van der Waals surface area contributed by atoms with Crippen molar-refractivity contribution in [2.45, 2.75) is 45.6 Å². The van der Waals surface area contributed by atoms with Gasteiger partial charge in [-0.05, 0) is 55.5 Å². The van der Waals surface area contributed by atoms with Gasteiger partial charge in [0.05, 0.1) is 0 Å². The molecule has 5 nitrogen and oxygen atoms in total. The predicted molar refractivity (Wildman–Crippen MR) is 98.9 cm³/mol. The SMILES string of the molecule is Cc1ccc(O[C@@H]2[C@H](O)CCCN2C(=O)OCc2ccccc2)cc1C. The normalized spacial score (nSPS) is 19.9. The highest BCUT2D eigenvalue weighted by Gasteiger charge is 2.36. The van der Waals surface area contributed by atoms with E-state index in [2.05, 4.69) is 0 Å². The average molecular weight is 355 g/mol. The summed E-state index contributed by atoms with van der Waals surface area (Å²) in [7, 11) is 0. The second-order valence-corrected chi connectivity index (χ2v) is 6.70. The zero-order valence-corrected chi connectivity index (χ0v) is 15.2. The van der Waals surface area contributed by atoms with Crippen molar-refractivity contribution in [3.05, 3.63) is 65.2 Å². The van der Waals surface area contributed by atoms with Crippen LogP contribution in [-0.4, -0.2) is 35.0 Å². The average Bonchev–Trinajstić information content (AvgIpc) is 2.65. The number of likely N-dealkylation sites (tertiary alicyclic amines) is 1. The Morgan fingerprint density at radius 2 is 1.92 bits per heavy atom. The third-order valence-corrected chi connectivity index (χ3v) is 4.71. The minimum absolute atomic E-state index is 0.197. The van der Waals surface area contributed by atoms with E-state index in [0.717, 1.165) is 11.1 Å².